The van der Waals surface area contributed by atoms with Crippen LogP contribution >= 0.6 is 0 Å². The van der Waals surface area contributed by atoms with E-state index in [2.05, 4.69) is 6.92 Å². The van der Waals surface area contributed by atoms with Gasteiger partial charge in [0, 0.05) is 11.8 Å². The lowest BCUT2D eigenvalue weighted by Gasteiger charge is -2.59. The predicted octanol–water partition coefficient (Wildman–Crippen LogP) is 2.25. The summed E-state index contributed by atoms with van der Waals surface area (Å²) >= 11 is 0. The molecule has 0 aliphatic heterocycles. The number of hydrogen-bond donors (Lipinski definition) is 2. The normalized spacial score (nSPS) is 50.3. The molecule has 0 bridgehead atoms. The summed E-state index contributed by atoms with van der Waals surface area (Å²) < 4.78 is 5.11. The van der Waals surface area contributed by atoms with Crippen LogP contribution in [0.4, 0.5) is 0 Å². The number of aliphatic hydroxyl groups is 2. The number of carbonyl (C=O) groups excluding carboxylic acids is 2. The average molecular weight is 362 g/mol. The molecule has 0 aromatic heterocycles. The zero-order valence-electron chi connectivity index (χ0n) is 15.9. The minimum Gasteiger partial charge on any atom is -0.469 e. The van der Waals surface area contributed by atoms with Crippen molar-refractivity contribution in [2.24, 2.45) is 34.5 Å². The van der Waals surface area contributed by atoms with Gasteiger partial charge in [-0.05, 0) is 55.3 Å². The number of methoxy groups -OCH3 is 1. The fraction of sp³-hybridized carbons (Fsp3) is 0.810. The van der Waals surface area contributed by atoms with Crippen molar-refractivity contribution in [1.82, 2.24) is 0 Å². The van der Waals surface area contributed by atoms with Crippen molar-refractivity contribution in [3.05, 3.63) is 11.6 Å². The van der Waals surface area contributed by atoms with E-state index in [1.165, 1.54) is 7.11 Å². The second-order valence-electron chi connectivity index (χ2n) is 9.42. The molecule has 3 saturated carbocycles. The fourth-order valence-electron chi connectivity index (χ4n) is 6.92. The third-order valence-electron chi connectivity index (χ3n) is 8.26. The van der Waals surface area contributed by atoms with Crippen molar-refractivity contribution in [3.8, 4) is 0 Å². The molecule has 4 aliphatic rings. The van der Waals surface area contributed by atoms with Gasteiger partial charge in [0.05, 0.1) is 25.2 Å². The number of esters is 1. The summed E-state index contributed by atoms with van der Waals surface area (Å²) in [5.74, 6) is -0.541. The standard InChI is InChI=1S/C21H30O5/c1-20-7-6-12(22)8-11(20)9-13(19(25)26-3)17-14-4-5-16(24)21(14,2)10-15(23)18(17)20/h9,12-15,17-18,22-23H,4-8,10H2,1-3H3/t12-,13?,14?,15?,17?,18?,20-,21-/m0/s1. The molecule has 0 radical (unpaired) electrons. The van der Waals surface area contributed by atoms with Gasteiger partial charge in [0.2, 0.25) is 0 Å². The van der Waals surface area contributed by atoms with Crippen LogP contribution in [0.1, 0.15) is 52.4 Å². The number of aliphatic hydroxyl groups excluding tert-OH is 2. The molecule has 5 heteroatoms. The monoisotopic (exact) mass is 362 g/mol. The highest BCUT2D eigenvalue weighted by Crippen LogP contribution is 2.65. The Morgan fingerprint density at radius 1 is 1.23 bits per heavy atom. The maximum atomic E-state index is 12.7. The van der Waals surface area contributed by atoms with Crippen molar-refractivity contribution in [3.63, 3.8) is 0 Å². The van der Waals surface area contributed by atoms with Crippen molar-refractivity contribution in [2.75, 3.05) is 7.11 Å². The van der Waals surface area contributed by atoms with E-state index in [4.69, 9.17) is 4.74 Å². The first-order chi connectivity index (χ1) is 12.2. The number of ether oxygens (including phenoxy) is 1. The maximum absolute atomic E-state index is 12.7. The maximum Gasteiger partial charge on any atom is 0.312 e. The zero-order valence-corrected chi connectivity index (χ0v) is 15.9. The SMILES string of the molecule is COC(=O)C1C=C2C[C@@H](O)CC[C@]2(C)C2C(O)C[C@]3(C)C(=O)CCC3C12. The van der Waals surface area contributed by atoms with Gasteiger partial charge in [-0.15, -0.1) is 0 Å². The Labute approximate surface area is 154 Å². The summed E-state index contributed by atoms with van der Waals surface area (Å²) in [6, 6.07) is 0. The molecule has 8 atom stereocenters. The van der Waals surface area contributed by atoms with E-state index < -0.39 is 17.4 Å². The minimum atomic E-state index is -0.612. The Kier molecular flexibility index (Phi) is 4.12. The molecule has 144 valence electrons. The van der Waals surface area contributed by atoms with Crippen LogP contribution in [0.2, 0.25) is 0 Å². The molecular weight excluding hydrogens is 332 g/mol. The second-order valence-corrected chi connectivity index (χ2v) is 9.42. The van der Waals surface area contributed by atoms with E-state index in [9.17, 15) is 19.8 Å². The Hall–Kier alpha value is -1.20. The smallest absolute Gasteiger partial charge is 0.312 e. The Morgan fingerprint density at radius 3 is 2.65 bits per heavy atom. The number of ketones is 1. The van der Waals surface area contributed by atoms with Gasteiger partial charge < -0.3 is 14.9 Å². The summed E-state index contributed by atoms with van der Waals surface area (Å²) in [5, 5.41) is 21.4. The molecule has 0 spiro atoms. The summed E-state index contributed by atoms with van der Waals surface area (Å²) in [6.45, 7) is 4.16. The Balaban J connectivity index is 1.85. The van der Waals surface area contributed by atoms with Crippen LogP contribution in [0.3, 0.4) is 0 Å². The van der Waals surface area contributed by atoms with Gasteiger partial charge in [0.25, 0.3) is 0 Å². The molecule has 5 nitrogen and oxygen atoms in total. The lowest BCUT2D eigenvalue weighted by molar-refractivity contribution is -0.166. The van der Waals surface area contributed by atoms with E-state index in [1.54, 1.807) is 0 Å². The Bertz CT molecular complexity index is 669. The van der Waals surface area contributed by atoms with Crippen molar-refractivity contribution >= 4 is 11.8 Å². The first kappa shape index (κ1) is 18.2. The minimum absolute atomic E-state index is 0.0666. The molecule has 0 aromatic rings. The molecule has 3 fully saturated rings. The molecule has 26 heavy (non-hydrogen) atoms. The topological polar surface area (TPSA) is 83.8 Å². The highest BCUT2D eigenvalue weighted by atomic mass is 16.5. The predicted molar refractivity (Wildman–Crippen MR) is 95.0 cm³/mol. The van der Waals surface area contributed by atoms with E-state index in [1.807, 2.05) is 13.0 Å². The summed E-state index contributed by atoms with van der Waals surface area (Å²) in [7, 11) is 1.40. The summed E-state index contributed by atoms with van der Waals surface area (Å²) in [5.41, 5.74) is 0.323. The first-order valence-electron chi connectivity index (χ1n) is 9.91. The van der Waals surface area contributed by atoms with Crippen LogP contribution in [-0.2, 0) is 14.3 Å². The molecule has 0 heterocycles. The largest absolute Gasteiger partial charge is 0.469 e. The summed E-state index contributed by atoms with van der Waals surface area (Å²) in [4.78, 5) is 25.3. The van der Waals surface area contributed by atoms with Gasteiger partial charge in [-0.1, -0.05) is 25.5 Å². The second kappa shape index (κ2) is 5.90. The lowest BCUT2D eigenvalue weighted by atomic mass is 9.45. The molecule has 4 aliphatic carbocycles. The number of carbonyl (C=O) groups is 2. The zero-order chi connectivity index (χ0) is 18.9. The summed E-state index contributed by atoms with van der Waals surface area (Å²) in [6.07, 6.45) is 4.91. The van der Waals surface area contributed by atoms with E-state index in [-0.39, 0.29) is 41.0 Å². The van der Waals surface area contributed by atoms with Gasteiger partial charge in [-0.3, -0.25) is 9.59 Å². The number of hydrogen-bond acceptors (Lipinski definition) is 5. The van der Waals surface area contributed by atoms with Gasteiger partial charge >= 0.3 is 5.97 Å². The highest BCUT2D eigenvalue weighted by Gasteiger charge is 2.64. The van der Waals surface area contributed by atoms with Gasteiger partial charge in [-0.2, -0.15) is 0 Å². The fourth-order valence-corrected chi connectivity index (χ4v) is 6.92. The molecule has 0 amide bonds. The molecule has 5 unspecified atom stereocenters. The Morgan fingerprint density at radius 2 is 1.96 bits per heavy atom. The van der Waals surface area contributed by atoms with Crippen molar-refractivity contribution in [1.29, 1.82) is 0 Å². The highest BCUT2D eigenvalue weighted by molar-refractivity contribution is 5.87. The average Bonchev–Trinajstić information content (AvgIpc) is 2.88. The molecular formula is C21H30O5. The third kappa shape index (κ3) is 2.29. The molecule has 0 saturated heterocycles. The van der Waals surface area contributed by atoms with Gasteiger partial charge in [0.1, 0.15) is 5.78 Å². The quantitative estimate of drug-likeness (QED) is 0.552. The molecule has 4 rings (SSSR count). The van der Waals surface area contributed by atoms with Gasteiger partial charge in [-0.25, -0.2) is 0 Å². The van der Waals surface area contributed by atoms with E-state index in [0.29, 0.717) is 25.7 Å². The van der Waals surface area contributed by atoms with E-state index in [0.717, 1.165) is 18.4 Å². The number of fused-ring (bicyclic) bond motifs is 5. The lowest BCUT2D eigenvalue weighted by Crippen LogP contribution is -2.59. The van der Waals surface area contributed by atoms with Crippen molar-refractivity contribution in [2.45, 2.75) is 64.6 Å². The first-order valence-corrected chi connectivity index (χ1v) is 9.91. The van der Waals surface area contributed by atoms with Gasteiger partial charge in [0.15, 0.2) is 0 Å². The van der Waals surface area contributed by atoms with Crippen molar-refractivity contribution < 1.29 is 24.5 Å². The van der Waals surface area contributed by atoms with E-state index >= 15 is 0 Å². The molecule has 2 N–H and O–H groups in total. The third-order valence-corrected chi connectivity index (χ3v) is 8.26. The van der Waals surface area contributed by atoms with Crippen LogP contribution < -0.4 is 0 Å². The number of Topliss-reactive ketones (excluding diaryl/α,β-unsaturated/α-hetero) is 1. The molecule has 0 aromatic carbocycles. The van der Waals surface area contributed by atoms with Crippen LogP contribution in [0, 0.1) is 34.5 Å². The number of rotatable bonds is 1. The van der Waals surface area contributed by atoms with Crippen LogP contribution in [-0.4, -0.2) is 41.3 Å². The van der Waals surface area contributed by atoms with Crippen LogP contribution in [0.5, 0.6) is 0 Å². The van der Waals surface area contributed by atoms with Crippen LogP contribution in [0.25, 0.3) is 0 Å². The van der Waals surface area contributed by atoms with Crippen LogP contribution in [0.15, 0.2) is 11.6 Å².